The molecule has 19 heavy (non-hydrogen) atoms. The van der Waals surface area contributed by atoms with Crippen LogP contribution in [0.3, 0.4) is 0 Å². The molecular formula is C16H14F2O. The Balaban J connectivity index is 1.93. The molecule has 2 aromatic rings. The minimum Gasteiger partial charge on any atom is -0.385 e. The highest BCUT2D eigenvalue weighted by atomic mass is 19.2. The largest absolute Gasteiger partial charge is 0.385 e. The van der Waals surface area contributed by atoms with E-state index in [2.05, 4.69) is 0 Å². The molecule has 1 N–H and O–H groups in total. The zero-order chi connectivity index (χ0) is 13.5. The van der Waals surface area contributed by atoms with Gasteiger partial charge in [-0.25, -0.2) is 8.78 Å². The van der Waals surface area contributed by atoms with E-state index >= 15 is 0 Å². The Bertz CT molecular complexity index is 624. The van der Waals surface area contributed by atoms with Gasteiger partial charge in [-0.15, -0.1) is 0 Å². The first-order valence-corrected chi connectivity index (χ1v) is 6.33. The van der Waals surface area contributed by atoms with E-state index in [4.69, 9.17) is 0 Å². The molecule has 1 unspecified atom stereocenters. The quantitative estimate of drug-likeness (QED) is 0.878. The fourth-order valence-corrected chi connectivity index (χ4v) is 2.84. The van der Waals surface area contributed by atoms with Crippen LogP contribution in [0.15, 0.2) is 42.5 Å². The molecule has 0 radical (unpaired) electrons. The number of benzene rings is 2. The summed E-state index contributed by atoms with van der Waals surface area (Å²) in [6, 6.07) is 11.5. The summed E-state index contributed by atoms with van der Waals surface area (Å²) in [6.45, 7) is 0. The van der Waals surface area contributed by atoms with Crippen molar-refractivity contribution in [2.75, 3.05) is 0 Å². The summed E-state index contributed by atoms with van der Waals surface area (Å²) in [5, 5.41) is 10.7. The number of halogens is 2. The van der Waals surface area contributed by atoms with E-state index < -0.39 is 17.2 Å². The minimum absolute atomic E-state index is 0.307. The molecule has 2 aromatic carbocycles. The maximum atomic E-state index is 13.2. The highest BCUT2D eigenvalue weighted by molar-refractivity contribution is 5.38. The number of rotatable bonds is 2. The summed E-state index contributed by atoms with van der Waals surface area (Å²) < 4.78 is 26.1. The predicted octanol–water partition coefficient (Wildman–Crippen LogP) is 3.34. The van der Waals surface area contributed by atoms with Gasteiger partial charge in [0.1, 0.15) is 0 Å². The third-order valence-electron chi connectivity index (χ3n) is 3.81. The number of aliphatic hydroxyl groups is 1. The standard InChI is InChI=1S/C16H14F2O/c17-14-6-5-11(9-15(14)18)10-16(19)8-7-12-3-1-2-4-13(12)16/h1-6,9,19H,7-8,10H2. The van der Waals surface area contributed by atoms with Crippen LogP contribution in [0.4, 0.5) is 8.78 Å². The summed E-state index contributed by atoms with van der Waals surface area (Å²) in [4.78, 5) is 0. The van der Waals surface area contributed by atoms with Crippen molar-refractivity contribution < 1.29 is 13.9 Å². The van der Waals surface area contributed by atoms with Crippen LogP contribution in [0.25, 0.3) is 0 Å². The third kappa shape index (κ3) is 2.15. The maximum absolute atomic E-state index is 13.2. The van der Waals surface area contributed by atoms with Gasteiger partial charge in [-0.1, -0.05) is 30.3 Å². The molecule has 0 bridgehead atoms. The lowest BCUT2D eigenvalue weighted by molar-refractivity contribution is 0.0389. The van der Waals surface area contributed by atoms with Gasteiger partial charge in [0, 0.05) is 6.42 Å². The van der Waals surface area contributed by atoms with E-state index in [1.165, 1.54) is 6.07 Å². The van der Waals surface area contributed by atoms with Gasteiger partial charge >= 0.3 is 0 Å². The van der Waals surface area contributed by atoms with Crippen LogP contribution in [0.1, 0.15) is 23.1 Å². The third-order valence-corrected chi connectivity index (χ3v) is 3.81. The Labute approximate surface area is 110 Å². The molecule has 0 saturated heterocycles. The number of aryl methyl sites for hydroxylation is 1. The number of hydrogen-bond acceptors (Lipinski definition) is 1. The van der Waals surface area contributed by atoms with Crippen molar-refractivity contribution in [2.24, 2.45) is 0 Å². The second-order valence-electron chi connectivity index (χ2n) is 5.11. The fraction of sp³-hybridized carbons (Fsp3) is 0.250. The van der Waals surface area contributed by atoms with Crippen LogP contribution < -0.4 is 0 Å². The molecule has 0 fully saturated rings. The van der Waals surface area contributed by atoms with Crippen molar-refractivity contribution in [3.63, 3.8) is 0 Å². The SMILES string of the molecule is OC1(Cc2ccc(F)c(F)c2)CCc2ccccc21. The zero-order valence-electron chi connectivity index (χ0n) is 10.4. The van der Waals surface area contributed by atoms with Gasteiger partial charge in [-0.2, -0.15) is 0 Å². The van der Waals surface area contributed by atoms with E-state index in [0.717, 1.165) is 29.7 Å². The second kappa shape index (κ2) is 4.42. The molecule has 0 aliphatic heterocycles. The molecule has 0 aromatic heterocycles. The molecule has 3 heteroatoms. The number of fused-ring (bicyclic) bond motifs is 1. The second-order valence-corrected chi connectivity index (χ2v) is 5.11. The van der Waals surface area contributed by atoms with E-state index in [-0.39, 0.29) is 0 Å². The van der Waals surface area contributed by atoms with E-state index in [9.17, 15) is 13.9 Å². The van der Waals surface area contributed by atoms with Gasteiger partial charge < -0.3 is 5.11 Å². The molecule has 0 amide bonds. The van der Waals surface area contributed by atoms with Crippen molar-refractivity contribution in [1.29, 1.82) is 0 Å². The lowest BCUT2D eigenvalue weighted by Crippen LogP contribution is -2.25. The molecule has 3 rings (SSSR count). The molecular weight excluding hydrogens is 246 g/mol. The van der Waals surface area contributed by atoms with Crippen molar-refractivity contribution in [3.8, 4) is 0 Å². The van der Waals surface area contributed by atoms with Gasteiger partial charge in [0.05, 0.1) is 5.60 Å². The van der Waals surface area contributed by atoms with Crippen molar-refractivity contribution in [3.05, 3.63) is 70.8 Å². The lowest BCUT2D eigenvalue weighted by Gasteiger charge is -2.24. The molecule has 0 saturated carbocycles. The first-order valence-electron chi connectivity index (χ1n) is 6.33. The topological polar surface area (TPSA) is 20.2 Å². The first kappa shape index (κ1) is 12.3. The van der Waals surface area contributed by atoms with E-state index in [1.807, 2.05) is 24.3 Å². The smallest absolute Gasteiger partial charge is 0.159 e. The Kier molecular flexibility index (Phi) is 2.86. The van der Waals surface area contributed by atoms with Crippen LogP contribution >= 0.6 is 0 Å². The molecule has 1 aliphatic rings. The van der Waals surface area contributed by atoms with E-state index in [0.29, 0.717) is 18.4 Å². The van der Waals surface area contributed by atoms with Crippen LogP contribution in [0.5, 0.6) is 0 Å². The van der Waals surface area contributed by atoms with Crippen LogP contribution in [0.2, 0.25) is 0 Å². The maximum Gasteiger partial charge on any atom is 0.159 e. The van der Waals surface area contributed by atoms with Crippen LogP contribution in [-0.2, 0) is 18.4 Å². The van der Waals surface area contributed by atoms with Gasteiger partial charge in [-0.3, -0.25) is 0 Å². The zero-order valence-corrected chi connectivity index (χ0v) is 10.4. The fourth-order valence-electron chi connectivity index (χ4n) is 2.84. The first-order chi connectivity index (χ1) is 9.08. The summed E-state index contributed by atoms with van der Waals surface area (Å²) in [6.07, 6.45) is 1.74. The van der Waals surface area contributed by atoms with Crippen molar-refractivity contribution in [1.82, 2.24) is 0 Å². The van der Waals surface area contributed by atoms with Gasteiger partial charge in [-0.05, 0) is 41.7 Å². The lowest BCUT2D eigenvalue weighted by atomic mass is 9.89. The molecule has 0 heterocycles. The highest BCUT2D eigenvalue weighted by Gasteiger charge is 2.36. The summed E-state index contributed by atoms with van der Waals surface area (Å²) >= 11 is 0. The Morgan fingerprint density at radius 3 is 2.63 bits per heavy atom. The van der Waals surface area contributed by atoms with Gasteiger partial charge in [0.2, 0.25) is 0 Å². The number of hydrogen-bond donors (Lipinski definition) is 1. The van der Waals surface area contributed by atoms with Crippen LogP contribution in [-0.4, -0.2) is 5.11 Å². The Morgan fingerprint density at radius 1 is 1.05 bits per heavy atom. The normalized spacial score (nSPS) is 21.4. The van der Waals surface area contributed by atoms with Gasteiger partial charge in [0.15, 0.2) is 11.6 Å². The minimum atomic E-state index is -0.971. The molecule has 0 spiro atoms. The van der Waals surface area contributed by atoms with Crippen molar-refractivity contribution in [2.45, 2.75) is 24.9 Å². The van der Waals surface area contributed by atoms with Gasteiger partial charge in [0.25, 0.3) is 0 Å². The highest BCUT2D eigenvalue weighted by Crippen LogP contribution is 2.39. The Morgan fingerprint density at radius 2 is 1.84 bits per heavy atom. The summed E-state index contributed by atoms with van der Waals surface area (Å²) in [5.41, 5.74) is 1.67. The molecule has 1 atom stereocenters. The Hall–Kier alpha value is -1.74. The van der Waals surface area contributed by atoms with E-state index in [1.54, 1.807) is 0 Å². The van der Waals surface area contributed by atoms with Crippen molar-refractivity contribution >= 4 is 0 Å². The summed E-state index contributed by atoms with van der Waals surface area (Å²) in [5.74, 6) is -1.73. The summed E-state index contributed by atoms with van der Waals surface area (Å²) in [7, 11) is 0. The molecule has 1 aliphatic carbocycles. The van der Waals surface area contributed by atoms with Crippen LogP contribution in [0, 0.1) is 11.6 Å². The predicted molar refractivity (Wildman–Crippen MR) is 68.7 cm³/mol. The molecule has 1 nitrogen and oxygen atoms in total. The molecule has 98 valence electrons. The monoisotopic (exact) mass is 260 g/mol. The average molecular weight is 260 g/mol. The average Bonchev–Trinajstić information content (AvgIpc) is 2.73.